The van der Waals surface area contributed by atoms with E-state index in [2.05, 4.69) is 15.9 Å². The van der Waals surface area contributed by atoms with E-state index in [0.29, 0.717) is 33.9 Å². The van der Waals surface area contributed by atoms with E-state index in [9.17, 15) is 13.6 Å². The first-order valence-corrected chi connectivity index (χ1v) is 11.0. The predicted octanol–water partition coefficient (Wildman–Crippen LogP) is 5.42. The quantitative estimate of drug-likeness (QED) is 0.353. The lowest BCUT2D eigenvalue weighted by atomic mass is 10.1. The van der Waals surface area contributed by atoms with Crippen LogP contribution in [0.15, 0.2) is 71.7 Å². The Balaban J connectivity index is 1.57. The summed E-state index contributed by atoms with van der Waals surface area (Å²) in [4.78, 5) is 18.6. The number of benzene rings is 3. The van der Waals surface area contributed by atoms with Gasteiger partial charge in [0, 0.05) is 29.9 Å². The van der Waals surface area contributed by atoms with E-state index in [0.717, 1.165) is 23.7 Å². The highest BCUT2D eigenvalue weighted by molar-refractivity contribution is 5.85. The molecule has 2 heterocycles. The molecule has 34 heavy (non-hydrogen) atoms. The molecule has 1 aliphatic rings. The summed E-state index contributed by atoms with van der Waals surface area (Å²) in [5.41, 5.74) is 4.62. The molecule has 0 spiro atoms. The minimum Gasteiger partial charge on any atom is -0.435 e. The van der Waals surface area contributed by atoms with Crippen LogP contribution in [0.2, 0.25) is 0 Å². The van der Waals surface area contributed by atoms with Crippen molar-refractivity contribution >= 4 is 21.9 Å². The summed E-state index contributed by atoms with van der Waals surface area (Å²) in [7, 11) is 1.85. The highest BCUT2D eigenvalue weighted by Gasteiger charge is 2.25. The highest BCUT2D eigenvalue weighted by Crippen LogP contribution is 2.41. The number of ether oxygens (including phenoxy) is 1. The molecule has 0 unspecified atom stereocenters. The van der Waals surface area contributed by atoms with Crippen LogP contribution >= 0.6 is 0 Å². The number of hydrogen-bond acceptors (Lipinski definition) is 4. The molecule has 5 aromatic rings. The second kappa shape index (κ2) is 7.76. The smallest absolute Gasteiger partial charge is 0.387 e. The summed E-state index contributed by atoms with van der Waals surface area (Å²) in [5, 5.41) is 5.30. The number of aromatic nitrogens is 4. The van der Waals surface area contributed by atoms with Gasteiger partial charge in [0.25, 0.3) is 5.56 Å². The van der Waals surface area contributed by atoms with E-state index in [-0.39, 0.29) is 11.3 Å². The van der Waals surface area contributed by atoms with E-state index in [1.807, 2.05) is 43.6 Å². The molecule has 0 atom stereocenters. The molecule has 2 aromatic heterocycles. The number of halogens is 2. The zero-order valence-electron chi connectivity index (χ0n) is 18.3. The van der Waals surface area contributed by atoms with Crippen LogP contribution in [-0.4, -0.2) is 25.9 Å². The van der Waals surface area contributed by atoms with Gasteiger partial charge in [0.05, 0.1) is 16.6 Å². The van der Waals surface area contributed by atoms with Gasteiger partial charge in [-0.05, 0) is 72.9 Å². The maximum atomic E-state index is 13.8. The number of hydrogen-bond donors (Lipinski definition) is 0. The van der Waals surface area contributed by atoms with Crippen LogP contribution in [0, 0.1) is 0 Å². The summed E-state index contributed by atoms with van der Waals surface area (Å²) >= 11 is 0. The molecule has 0 N–H and O–H groups in total. The molecule has 6 nitrogen and oxygen atoms in total. The van der Waals surface area contributed by atoms with Crippen molar-refractivity contribution in [2.24, 2.45) is 7.05 Å². The fraction of sp³-hybridized carbons (Fsp3) is 0.192. The Morgan fingerprint density at radius 3 is 2.50 bits per heavy atom. The molecule has 1 aliphatic carbocycles. The average molecular weight is 458 g/mol. The third kappa shape index (κ3) is 3.61. The van der Waals surface area contributed by atoms with Crippen molar-refractivity contribution in [2.75, 3.05) is 0 Å². The SMILES string of the molecule is Cn1cc2cc(-c3nc4ccc(C5CC5)cc4n(-c4ccc(OC(F)F)cc4)c3=O)ccc2n1. The van der Waals surface area contributed by atoms with Crippen molar-refractivity contribution in [1.82, 2.24) is 19.3 Å². The Morgan fingerprint density at radius 1 is 1.00 bits per heavy atom. The molecule has 0 aliphatic heterocycles. The van der Waals surface area contributed by atoms with Crippen LogP contribution in [0.1, 0.15) is 24.3 Å². The number of rotatable bonds is 5. The van der Waals surface area contributed by atoms with Crippen molar-refractivity contribution in [3.63, 3.8) is 0 Å². The number of aryl methyl sites for hydroxylation is 1. The van der Waals surface area contributed by atoms with Crippen molar-refractivity contribution in [3.8, 4) is 22.7 Å². The van der Waals surface area contributed by atoms with Crippen molar-refractivity contribution in [2.45, 2.75) is 25.4 Å². The van der Waals surface area contributed by atoms with Gasteiger partial charge in [0.1, 0.15) is 11.4 Å². The molecule has 1 fully saturated rings. The summed E-state index contributed by atoms with van der Waals surface area (Å²) in [6, 6.07) is 17.7. The van der Waals surface area contributed by atoms with Crippen molar-refractivity contribution in [3.05, 3.63) is 82.8 Å². The lowest BCUT2D eigenvalue weighted by Crippen LogP contribution is -2.22. The van der Waals surface area contributed by atoms with Gasteiger partial charge in [-0.2, -0.15) is 13.9 Å². The van der Waals surface area contributed by atoms with Crippen LogP contribution < -0.4 is 10.3 Å². The van der Waals surface area contributed by atoms with E-state index in [1.54, 1.807) is 21.4 Å². The van der Waals surface area contributed by atoms with Gasteiger partial charge in [-0.25, -0.2) is 4.98 Å². The van der Waals surface area contributed by atoms with Crippen molar-refractivity contribution < 1.29 is 13.5 Å². The fourth-order valence-electron chi connectivity index (χ4n) is 4.39. The molecule has 0 radical (unpaired) electrons. The van der Waals surface area contributed by atoms with Crippen molar-refractivity contribution in [1.29, 1.82) is 0 Å². The lowest BCUT2D eigenvalue weighted by molar-refractivity contribution is -0.0498. The Morgan fingerprint density at radius 2 is 1.76 bits per heavy atom. The first-order chi connectivity index (χ1) is 16.5. The number of fused-ring (bicyclic) bond motifs is 2. The largest absolute Gasteiger partial charge is 0.435 e. The summed E-state index contributed by atoms with van der Waals surface area (Å²) in [6.07, 6.45) is 4.15. The second-order valence-corrected chi connectivity index (χ2v) is 8.57. The molecule has 0 saturated heterocycles. The standard InChI is InChI=1S/C26H20F2N4O2/c1-31-14-18-12-17(5-10-21(18)30-31)24-25(33)32(19-6-8-20(9-7-19)34-26(27)28)23-13-16(15-2-3-15)4-11-22(23)29-24/h4-15,26H,2-3H2,1H3. The van der Waals surface area contributed by atoms with Gasteiger partial charge in [-0.15, -0.1) is 0 Å². The van der Waals surface area contributed by atoms with E-state index >= 15 is 0 Å². The van der Waals surface area contributed by atoms with Gasteiger partial charge < -0.3 is 4.74 Å². The topological polar surface area (TPSA) is 61.9 Å². The van der Waals surface area contributed by atoms with Crippen LogP contribution in [0.5, 0.6) is 5.75 Å². The Bertz CT molecular complexity index is 1600. The van der Waals surface area contributed by atoms with E-state index < -0.39 is 6.61 Å². The van der Waals surface area contributed by atoms with E-state index in [1.165, 1.54) is 17.7 Å². The number of alkyl halides is 2. The summed E-state index contributed by atoms with van der Waals surface area (Å²) in [6.45, 7) is -2.91. The van der Waals surface area contributed by atoms with Crippen LogP contribution in [-0.2, 0) is 7.05 Å². The third-order valence-corrected chi connectivity index (χ3v) is 6.14. The van der Waals surface area contributed by atoms with Crippen LogP contribution in [0.25, 0.3) is 38.9 Å². The first-order valence-electron chi connectivity index (χ1n) is 11.0. The zero-order chi connectivity index (χ0) is 23.4. The number of nitrogens with zero attached hydrogens (tertiary/aromatic N) is 4. The molecule has 6 rings (SSSR count). The van der Waals surface area contributed by atoms with Crippen LogP contribution in [0.4, 0.5) is 8.78 Å². The van der Waals surface area contributed by atoms with Gasteiger partial charge >= 0.3 is 6.61 Å². The summed E-state index contributed by atoms with van der Waals surface area (Å²) in [5.74, 6) is 0.536. The lowest BCUT2D eigenvalue weighted by Gasteiger charge is -2.14. The fourth-order valence-corrected chi connectivity index (χ4v) is 4.39. The summed E-state index contributed by atoms with van der Waals surface area (Å²) < 4.78 is 33.0. The molecule has 0 amide bonds. The zero-order valence-corrected chi connectivity index (χ0v) is 18.3. The minimum atomic E-state index is -2.91. The third-order valence-electron chi connectivity index (χ3n) is 6.14. The van der Waals surface area contributed by atoms with Gasteiger partial charge in [0.15, 0.2) is 0 Å². The Hall–Kier alpha value is -4.07. The highest BCUT2D eigenvalue weighted by atomic mass is 19.3. The molecule has 0 bridgehead atoms. The predicted molar refractivity (Wildman–Crippen MR) is 126 cm³/mol. The maximum Gasteiger partial charge on any atom is 0.387 e. The van der Waals surface area contributed by atoms with Crippen LogP contribution in [0.3, 0.4) is 0 Å². The second-order valence-electron chi connectivity index (χ2n) is 8.57. The van der Waals surface area contributed by atoms with Gasteiger partial charge in [-0.1, -0.05) is 12.1 Å². The molecular formula is C26H20F2N4O2. The molecule has 8 heteroatoms. The monoisotopic (exact) mass is 458 g/mol. The first kappa shape index (κ1) is 20.5. The molecular weight excluding hydrogens is 438 g/mol. The van der Waals surface area contributed by atoms with Gasteiger partial charge in [-0.3, -0.25) is 14.0 Å². The van der Waals surface area contributed by atoms with Gasteiger partial charge in [0.2, 0.25) is 0 Å². The Labute approximate surface area is 193 Å². The molecule has 1 saturated carbocycles. The molecule has 170 valence electrons. The van der Waals surface area contributed by atoms with E-state index in [4.69, 9.17) is 4.98 Å². The Kier molecular flexibility index (Phi) is 4.69. The maximum absolute atomic E-state index is 13.8. The average Bonchev–Trinajstić information content (AvgIpc) is 3.59. The normalized spacial score (nSPS) is 13.8. The minimum absolute atomic E-state index is 0.0334. The molecule has 3 aromatic carbocycles.